The Balaban J connectivity index is 1.73. The molecule has 2 aliphatic carbocycles. The maximum Gasteiger partial charge on any atom is 0.285 e. The molecule has 2 aliphatic rings. The van der Waals surface area contributed by atoms with E-state index in [0.717, 1.165) is 34.6 Å². The van der Waals surface area contributed by atoms with Crippen LogP contribution in [0.25, 0.3) is 5.69 Å². The van der Waals surface area contributed by atoms with Crippen molar-refractivity contribution in [3.63, 3.8) is 0 Å². The maximum atomic E-state index is 13.2. The minimum atomic E-state index is -0.595. The Morgan fingerprint density at radius 1 is 0.970 bits per heavy atom. The first-order valence-electron chi connectivity index (χ1n) is 11.3. The average Bonchev–Trinajstić information content (AvgIpc) is 3.46. The van der Waals surface area contributed by atoms with Crippen LogP contribution in [0.1, 0.15) is 53.7 Å². The zero-order valence-corrected chi connectivity index (χ0v) is 18.9. The summed E-state index contributed by atoms with van der Waals surface area (Å²) in [6.07, 6.45) is 8.04. The van der Waals surface area contributed by atoms with Crippen LogP contribution in [0.3, 0.4) is 0 Å². The Morgan fingerprint density at radius 3 is 2.27 bits per heavy atom. The summed E-state index contributed by atoms with van der Waals surface area (Å²) in [4.78, 5) is 13.2. The molecule has 1 aromatic heterocycles. The fourth-order valence-corrected chi connectivity index (χ4v) is 4.73. The summed E-state index contributed by atoms with van der Waals surface area (Å²) in [6.45, 7) is 4.27. The van der Waals surface area contributed by atoms with E-state index in [0.29, 0.717) is 12.0 Å². The highest BCUT2D eigenvalue weighted by Gasteiger charge is 2.37. The molecule has 4 heteroatoms. The number of nitrogens with zero attached hydrogens (tertiary/aromatic N) is 1. The molecule has 0 amide bonds. The predicted molar refractivity (Wildman–Crippen MR) is 130 cm³/mol. The second kappa shape index (κ2) is 8.28. The highest BCUT2D eigenvalue weighted by molar-refractivity contribution is 5.99. The van der Waals surface area contributed by atoms with Crippen LogP contribution in [0, 0.1) is 5.41 Å². The SMILES string of the molecule is CC1(C)CC(=O)c2cc(C(OC(O)=C3C=CC=C3)c3ccccc3)n(-c3ccccc3)c2C1. The van der Waals surface area contributed by atoms with Gasteiger partial charge in [-0.15, -0.1) is 0 Å². The Hall–Kier alpha value is -3.79. The monoisotopic (exact) mass is 437 g/mol. The number of benzene rings is 2. The molecular weight excluding hydrogens is 410 g/mol. The number of carbonyl (C=O) groups is 1. The number of allylic oxidation sites excluding steroid dienone is 5. The molecule has 1 heterocycles. The molecule has 0 spiro atoms. The smallest absolute Gasteiger partial charge is 0.285 e. The van der Waals surface area contributed by atoms with Crippen LogP contribution in [0.2, 0.25) is 0 Å². The topological polar surface area (TPSA) is 51.5 Å². The van der Waals surface area contributed by atoms with Gasteiger partial charge in [-0.1, -0.05) is 74.5 Å². The van der Waals surface area contributed by atoms with E-state index in [1.165, 1.54) is 0 Å². The van der Waals surface area contributed by atoms with Gasteiger partial charge in [0, 0.05) is 23.4 Å². The van der Waals surface area contributed by atoms with Crippen LogP contribution in [0.15, 0.2) is 103 Å². The summed E-state index contributed by atoms with van der Waals surface area (Å²) in [5.41, 5.74) is 4.92. The molecule has 0 radical (unpaired) electrons. The lowest BCUT2D eigenvalue weighted by molar-refractivity contribution is 0.0478. The van der Waals surface area contributed by atoms with Crippen LogP contribution in [0.5, 0.6) is 0 Å². The van der Waals surface area contributed by atoms with E-state index in [-0.39, 0.29) is 17.1 Å². The Kier molecular flexibility index (Phi) is 5.29. The number of aromatic nitrogens is 1. The van der Waals surface area contributed by atoms with Crippen LogP contribution in [0.4, 0.5) is 0 Å². The van der Waals surface area contributed by atoms with E-state index in [2.05, 4.69) is 18.4 Å². The van der Waals surface area contributed by atoms with Crippen LogP contribution >= 0.6 is 0 Å². The van der Waals surface area contributed by atoms with Crippen molar-refractivity contribution in [1.82, 2.24) is 4.57 Å². The average molecular weight is 438 g/mol. The van der Waals surface area contributed by atoms with Crippen molar-refractivity contribution >= 4 is 5.78 Å². The zero-order chi connectivity index (χ0) is 23.0. The first kappa shape index (κ1) is 21.1. The molecule has 2 aromatic carbocycles. The normalized spacial score (nSPS) is 17.2. The van der Waals surface area contributed by atoms with Gasteiger partial charge in [-0.3, -0.25) is 4.79 Å². The van der Waals surface area contributed by atoms with Gasteiger partial charge in [0.05, 0.1) is 11.3 Å². The third kappa shape index (κ3) is 4.05. The number of fused-ring (bicyclic) bond motifs is 1. The van der Waals surface area contributed by atoms with Gasteiger partial charge >= 0.3 is 0 Å². The number of hydrogen-bond acceptors (Lipinski definition) is 3. The summed E-state index contributed by atoms with van der Waals surface area (Å²) in [6, 6.07) is 21.8. The molecule has 3 aromatic rings. The molecule has 33 heavy (non-hydrogen) atoms. The van der Waals surface area contributed by atoms with Gasteiger partial charge in [-0.2, -0.15) is 0 Å². The first-order valence-corrected chi connectivity index (χ1v) is 11.3. The molecule has 0 bridgehead atoms. The van der Waals surface area contributed by atoms with Crippen molar-refractivity contribution in [2.24, 2.45) is 5.41 Å². The number of ketones is 1. The van der Waals surface area contributed by atoms with Gasteiger partial charge in [-0.05, 0) is 47.8 Å². The fourth-order valence-electron chi connectivity index (χ4n) is 4.73. The summed E-state index contributed by atoms with van der Waals surface area (Å²) >= 11 is 0. The van der Waals surface area contributed by atoms with Gasteiger partial charge in [0.1, 0.15) is 0 Å². The van der Waals surface area contributed by atoms with Gasteiger partial charge in [0.25, 0.3) is 5.95 Å². The molecule has 0 saturated heterocycles. The van der Waals surface area contributed by atoms with Crippen molar-refractivity contribution in [3.05, 3.63) is 125 Å². The van der Waals surface area contributed by atoms with Crippen LogP contribution < -0.4 is 0 Å². The molecule has 0 fully saturated rings. The summed E-state index contributed by atoms with van der Waals surface area (Å²) in [5, 5.41) is 10.8. The standard InChI is InChI=1S/C29H27NO3/c1-29(2)18-25-23(26(31)19-29)17-24(30(25)22-15-7-4-8-16-22)27(20-11-5-3-6-12-20)33-28(32)21-13-9-10-14-21/h3-17,27,32H,18-19H2,1-2H3. The Bertz CT molecular complexity index is 1260. The number of aliphatic hydroxyl groups excluding tert-OH is 1. The molecule has 166 valence electrons. The summed E-state index contributed by atoms with van der Waals surface area (Å²) in [5.74, 6) is 0.00696. The third-order valence-electron chi connectivity index (χ3n) is 6.24. The number of aliphatic hydroxyl groups is 1. The van der Waals surface area contributed by atoms with Crippen molar-refractivity contribution in [2.75, 3.05) is 0 Å². The van der Waals surface area contributed by atoms with E-state index >= 15 is 0 Å². The molecule has 1 N–H and O–H groups in total. The zero-order valence-electron chi connectivity index (χ0n) is 18.9. The van der Waals surface area contributed by atoms with Crippen LogP contribution in [-0.4, -0.2) is 15.5 Å². The number of para-hydroxylation sites is 1. The summed E-state index contributed by atoms with van der Waals surface area (Å²) in [7, 11) is 0. The fraction of sp³-hybridized carbons (Fsp3) is 0.207. The lowest BCUT2D eigenvalue weighted by Gasteiger charge is -2.30. The van der Waals surface area contributed by atoms with E-state index in [1.807, 2.05) is 91.0 Å². The minimum Gasteiger partial charge on any atom is -0.481 e. The van der Waals surface area contributed by atoms with Crippen molar-refractivity contribution in [1.29, 1.82) is 0 Å². The van der Waals surface area contributed by atoms with Crippen LogP contribution in [-0.2, 0) is 11.2 Å². The minimum absolute atomic E-state index is 0.126. The second-order valence-electron chi connectivity index (χ2n) is 9.43. The number of carbonyl (C=O) groups excluding carboxylic acids is 1. The number of hydrogen-bond donors (Lipinski definition) is 1. The molecule has 1 unspecified atom stereocenters. The highest BCUT2D eigenvalue weighted by atomic mass is 16.6. The largest absolute Gasteiger partial charge is 0.481 e. The maximum absolute atomic E-state index is 13.2. The van der Waals surface area contributed by atoms with Crippen molar-refractivity contribution in [2.45, 2.75) is 32.8 Å². The second-order valence-corrected chi connectivity index (χ2v) is 9.43. The quantitative estimate of drug-likeness (QED) is 0.456. The third-order valence-corrected chi connectivity index (χ3v) is 6.24. The van der Waals surface area contributed by atoms with E-state index in [4.69, 9.17) is 4.74 Å². The molecule has 0 aliphatic heterocycles. The van der Waals surface area contributed by atoms with Crippen molar-refractivity contribution < 1.29 is 14.6 Å². The van der Waals surface area contributed by atoms with Gasteiger partial charge in [-0.25, -0.2) is 0 Å². The number of ether oxygens (including phenoxy) is 1. The molecule has 0 saturated carbocycles. The van der Waals surface area contributed by atoms with E-state index in [1.54, 1.807) is 0 Å². The molecule has 1 atom stereocenters. The molecule has 5 rings (SSSR count). The van der Waals surface area contributed by atoms with E-state index < -0.39 is 6.10 Å². The van der Waals surface area contributed by atoms with E-state index in [9.17, 15) is 9.90 Å². The first-order chi connectivity index (χ1) is 15.9. The van der Waals surface area contributed by atoms with Crippen molar-refractivity contribution in [3.8, 4) is 5.69 Å². The number of Topliss-reactive ketones (excluding diaryl/α,β-unsaturated/α-hetero) is 1. The highest BCUT2D eigenvalue weighted by Crippen LogP contribution is 2.41. The summed E-state index contributed by atoms with van der Waals surface area (Å²) < 4.78 is 8.38. The Morgan fingerprint density at radius 2 is 1.61 bits per heavy atom. The Labute approximate surface area is 194 Å². The molecule has 4 nitrogen and oxygen atoms in total. The predicted octanol–water partition coefficient (Wildman–Crippen LogP) is 6.63. The lowest BCUT2D eigenvalue weighted by Crippen LogP contribution is -2.28. The van der Waals surface area contributed by atoms with Gasteiger partial charge < -0.3 is 14.4 Å². The van der Waals surface area contributed by atoms with Gasteiger partial charge in [0.2, 0.25) is 0 Å². The number of rotatable bonds is 5. The lowest BCUT2D eigenvalue weighted by atomic mass is 9.76. The van der Waals surface area contributed by atoms with Gasteiger partial charge in [0.15, 0.2) is 11.9 Å². The molecular formula is C29H27NO3.